The van der Waals surface area contributed by atoms with Crippen LogP contribution in [0.3, 0.4) is 0 Å². The molecule has 0 unspecified atom stereocenters. The molecule has 0 radical (unpaired) electrons. The van der Waals surface area contributed by atoms with Gasteiger partial charge in [-0.2, -0.15) is 10.4 Å². The molecule has 0 amide bonds. The molecule has 20 heteroatoms. The quantitative estimate of drug-likeness (QED) is 0.0498. The van der Waals surface area contributed by atoms with Crippen molar-refractivity contribution in [2.24, 2.45) is 0 Å². The van der Waals surface area contributed by atoms with E-state index in [-0.39, 0.29) is 101 Å². The molecule has 0 N–H and O–H groups in total. The van der Waals surface area contributed by atoms with Crippen molar-refractivity contribution in [1.29, 1.82) is 5.26 Å². The molecule has 278 valence electrons. The van der Waals surface area contributed by atoms with E-state index < -0.39 is 71.6 Å². The van der Waals surface area contributed by atoms with Crippen molar-refractivity contribution < 1.29 is 115 Å². The maximum Gasteiger partial charge on any atom is 1.00 e. The summed E-state index contributed by atoms with van der Waals surface area (Å²) in [7, 11) is -5.54. The molecule has 1 aromatic heterocycles. The number of halogens is 4. The van der Waals surface area contributed by atoms with Gasteiger partial charge in [0.15, 0.2) is 11.9 Å². The van der Waals surface area contributed by atoms with Crippen molar-refractivity contribution in [3.63, 3.8) is 0 Å². The number of nitriles is 1. The van der Waals surface area contributed by atoms with Crippen LogP contribution in [0.4, 0.5) is 17.6 Å². The van der Waals surface area contributed by atoms with E-state index in [1.54, 1.807) is 25.2 Å². The van der Waals surface area contributed by atoms with E-state index in [1.807, 2.05) is 6.07 Å². The van der Waals surface area contributed by atoms with Crippen molar-refractivity contribution in [1.82, 2.24) is 14.8 Å². The number of esters is 1. The van der Waals surface area contributed by atoms with Gasteiger partial charge in [0.2, 0.25) is 0 Å². The first kappa shape index (κ1) is 46.7. The number of ether oxygens (including phenoxy) is 3. The standard InChI is InChI=1S/C35H31F4N4O8PS.2Na/c1-22(53-28-17-48-33(49-18-28)5-3-2-4-24-7-6-23(15-40)12-31(24)38)35(19-43-21-41-20-42-43,30-11-9-27(37)14-32(30)39)51-34(44)29-10-8-26(36)13-25(29)16-50-52(45,46)47;;/h2-14,20-22,28,33H,16-19H2,1H3,(H2,45,46,47);;/q;2*+1/p-2/t22-,28-,33-,35-;;/m1../s1. The molecule has 4 aromatic rings. The first-order chi connectivity index (χ1) is 25.3. The van der Waals surface area contributed by atoms with Crippen molar-refractivity contribution in [2.45, 2.75) is 42.5 Å². The van der Waals surface area contributed by atoms with Crippen LogP contribution in [0.15, 0.2) is 85.5 Å². The number of nitrogens with zero attached hydrogens (tertiary/aromatic N) is 4. The van der Waals surface area contributed by atoms with Crippen LogP contribution < -0.4 is 68.9 Å². The fourth-order valence-electron chi connectivity index (χ4n) is 5.38. The van der Waals surface area contributed by atoms with Gasteiger partial charge in [-0.05, 0) is 61.0 Å². The maximum atomic E-state index is 15.8. The molecule has 0 bridgehead atoms. The van der Waals surface area contributed by atoms with Gasteiger partial charge in [-0.15, -0.1) is 11.8 Å². The van der Waals surface area contributed by atoms with Gasteiger partial charge in [0.1, 0.15) is 35.9 Å². The van der Waals surface area contributed by atoms with Crippen molar-refractivity contribution in [3.8, 4) is 6.07 Å². The summed E-state index contributed by atoms with van der Waals surface area (Å²) in [5.74, 6) is -4.59. The summed E-state index contributed by atoms with van der Waals surface area (Å²) in [6, 6.07) is 11.3. The topological polar surface area (TPSA) is 172 Å². The number of hydrogen-bond acceptors (Lipinski definition) is 12. The van der Waals surface area contributed by atoms with Crippen LogP contribution in [0.25, 0.3) is 6.08 Å². The molecule has 1 aliphatic rings. The molecule has 5 rings (SSSR count). The minimum Gasteiger partial charge on any atom is -0.790 e. The Morgan fingerprint density at radius 1 is 1.07 bits per heavy atom. The minimum atomic E-state index is -5.54. The van der Waals surface area contributed by atoms with Crippen LogP contribution in [-0.4, -0.2) is 50.7 Å². The molecule has 55 heavy (non-hydrogen) atoms. The second-order valence-electron chi connectivity index (χ2n) is 11.5. The molecule has 3 aromatic carbocycles. The fraction of sp³-hybridized carbons (Fsp3) is 0.257. The number of thioether (sulfide) groups is 1. The maximum absolute atomic E-state index is 15.8. The molecule has 2 atom stereocenters. The molecule has 12 nitrogen and oxygen atoms in total. The van der Waals surface area contributed by atoms with Gasteiger partial charge >= 0.3 is 65.1 Å². The molecule has 0 spiro atoms. The molecule has 1 saturated heterocycles. The van der Waals surface area contributed by atoms with Gasteiger partial charge in [0.05, 0.1) is 56.6 Å². The molecule has 1 aliphatic heterocycles. The van der Waals surface area contributed by atoms with Gasteiger partial charge in [-0.1, -0.05) is 24.3 Å². The fourth-order valence-corrected chi connectivity index (χ4v) is 7.03. The largest absolute Gasteiger partial charge is 1.00 e. The number of benzene rings is 3. The normalized spacial score (nSPS) is 17.5. The molecule has 2 heterocycles. The van der Waals surface area contributed by atoms with Crippen LogP contribution in [0.2, 0.25) is 0 Å². The van der Waals surface area contributed by atoms with E-state index >= 15 is 4.39 Å². The van der Waals surface area contributed by atoms with Gasteiger partial charge in [0.25, 0.3) is 0 Å². The van der Waals surface area contributed by atoms with Crippen LogP contribution in [0.5, 0.6) is 0 Å². The summed E-state index contributed by atoms with van der Waals surface area (Å²) in [4.78, 5) is 40.2. The minimum absolute atomic E-state index is 0. The Balaban J connectivity index is 0.00000406. The van der Waals surface area contributed by atoms with Crippen LogP contribution in [-0.2, 0) is 42.1 Å². The Hall–Kier alpha value is -2.66. The van der Waals surface area contributed by atoms with Crippen LogP contribution in [0, 0.1) is 34.6 Å². The Kier molecular flexibility index (Phi) is 18.0. The zero-order chi connectivity index (χ0) is 38.2. The van der Waals surface area contributed by atoms with Crippen LogP contribution >= 0.6 is 19.6 Å². The first-order valence-electron chi connectivity index (χ1n) is 15.7. The SMILES string of the molecule is C[C@@H](S[C@H]1CO[C@H](C=CC=Cc2ccc(C#N)cc2F)OC1)[C@@](Cn1cncn1)(OC(=O)c1ccc(F)cc1COP(=O)([O-])[O-])c1ccc(F)cc1F.[Na+].[Na+]. The number of rotatable bonds is 14. The number of phosphoric acid groups is 1. The smallest absolute Gasteiger partial charge is 0.790 e. The third-order valence-corrected chi connectivity index (χ3v) is 9.81. The Morgan fingerprint density at radius 3 is 2.42 bits per heavy atom. The van der Waals surface area contributed by atoms with Gasteiger partial charge in [-0.25, -0.2) is 32.0 Å². The second kappa shape index (κ2) is 21.2. The number of carbonyl (C=O) groups is 1. The van der Waals surface area contributed by atoms with Crippen LogP contribution in [0.1, 0.15) is 39.5 Å². The van der Waals surface area contributed by atoms with E-state index in [0.717, 1.165) is 36.4 Å². The predicted octanol–water partition coefficient (Wildman–Crippen LogP) is -1.06. The third-order valence-electron chi connectivity index (χ3n) is 7.92. The summed E-state index contributed by atoms with van der Waals surface area (Å²) in [6.07, 6.45) is 7.97. The average Bonchev–Trinajstić information content (AvgIpc) is 3.62. The van der Waals surface area contributed by atoms with Gasteiger partial charge < -0.3 is 33.1 Å². The van der Waals surface area contributed by atoms with Gasteiger partial charge in [0, 0.05) is 22.4 Å². The average molecular weight is 819 g/mol. The Morgan fingerprint density at radius 2 is 1.78 bits per heavy atom. The molecular weight excluding hydrogens is 789 g/mol. The summed E-state index contributed by atoms with van der Waals surface area (Å²) in [6.45, 7) is 0.496. The van der Waals surface area contributed by atoms with E-state index in [2.05, 4.69) is 14.6 Å². The number of carbonyl (C=O) groups excluding carboxylic acids is 1. The predicted molar refractivity (Wildman–Crippen MR) is 178 cm³/mol. The molecule has 0 saturated carbocycles. The Labute approximate surface area is 361 Å². The number of hydrogen-bond donors (Lipinski definition) is 0. The first-order valence-corrected chi connectivity index (χ1v) is 18.1. The van der Waals surface area contributed by atoms with Gasteiger partial charge in [-0.3, -0.25) is 0 Å². The van der Waals surface area contributed by atoms with E-state index in [9.17, 15) is 32.3 Å². The summed E-state index contributed by atoms with van der Waals surface area (Å²) >= 11 is 1.19. The summed E-state index contributed by atoms with van der Waals surface area (Å²) in [5, 5.41) is 11.7. The summed E-state index contributed by atoms with van der Waals surface area (Å²) in [5.41, 5.74) is -2.51. The van der Waals surface area contributed by atoms with E-state index in [1.165, 1.54) is 47.3 Å². The van der Waals surface area contributed by atoms with Crippen molar-refractivity contribution >= 4 is 31.6 Å². The molecular formula is C35H29F4N4Na2O8PS. The Bertz CT molecular complexity index is 2080. The zero-order valence-electron chi connectivity index (χ0n) is 29.6. The molecule has 1 fully saturated rings. The summed E-state index contributed by atoms with van der Waals surface area (Å²) < 4.78 is 92.8. The third kappa shape index (κ3) is 12.9. The van der Waals surface area contributed by atoms with E-state index in [0.29, 0.717) is 6.07 Å². The number of phosphoric ester groups is 1. The number of allylic oxidation sites excluding steroid dienone is 2. The second-order valence-corrected chi connectivity index (χ2v) is 14.3. The zero-order valence-corrected chi connectivity index (χ0v) is 35.4. The van der Waals surface area contributed by atoms with Crippen molar-refractivity contribution in [3.05, 3.63) is 137 Å². The van der Waals surface area contributed by atoms with Crippen molar-refractivity contribution in [2.75, 3.05) is 13.2 Å². The number of aromatic nitrogens is 3. The van der Waals surface area contributed by atoms with E-state index in [4.69, 9.17) is 19.5 Å². The monoisotopic (exact) mass is 818 g/mol. The molecule has 0 aliphatic carbocycles.